The Morgan fingerprint density at radius 3 is 2.33 bits per heavy atom. The number of terminal acetylenes is 1. The summed E-state index contributed by atoms with van der Waals surface area (Å²) in [6.45, 7) is 0. The van der Waals surface area contributed by atoms with E-state index in [2.05, 4.69) is 5.92 Å². The molecule has 15 heavy (non-hydrogen) atoms. The molecule has 2 saturated heterocycles. The largest absolute Gasteiger partial charge is 0.390 e. The van der Waals surface area contributed by atoms with Crippen LogP contribution in [0.25, 0.3) is 0 Å². The Morgan fingerprint density at radius 2 is 1.87 bits per heavy atom. The highest BCUT2D eigenvalue weighted by molar-refractivity contribution is 7.93. The third-order valence-electron chi connectivity index (χ3n) is 3.69. The lowest BCUT2D eigenvalue weighted by atomic mass is 9.89. The van der Waals surface area contributed by atoms with Crippen molar-refractivity contribution in [1.29, 1.82) is 0 Å². The molecule has 2 unspecified atom stereocenters. The van der Waals surface area contributed by atoms with Gasteiger partial charge in [-0.1, -0.05) is 0 Å². The van der Waals surface area contributed by atoms with Gasteiger partial charge in [-0.2, -0.15) is 0 Å². The Bertz CT molecular complexity index is 371. The fourth-order valence-corrected chi connectivity index (χ4v) is 5.41. The van der Waals surface area contributed by atoms with Crippen LogP contribution in [-0.4, -0.2) is 29.6 Å². The maximum atomic E-state index is 11.8. The number of sulfone groups is 1. The zero-order chi connectivity index (χ0) is 11.1. The lowest BCUT2D eigenvalue weighted by Crippen LogP contribution is -2.44. The molecule has 0 aromatic carbocycles. The van der Waals surface area contributed by atoms with Gasteiger partial charge in [0.25, 0.3) is 0 Å². The number of hydrogen-bond donors (Lipinski definition) is 1. The quantitative estimate of drug-likeness (QED) is 0.714. The Kier molecular flexibility index (Phi) is 2.56. The van der Waals surface area contributed by atoms with Crippen molar-refractivity contribution >= 4 is 9.84 Å². The third kappa shape index (κ3) is 1.79. The Hall–Kier alpha value is -0.530. The minimum Gasteiger partial charge on any atom is -0.390 e. The summed E-state index contributed by atoms with van der Waals surface area (Å²) in [5, 5.41) is 9.61. The molecule has 2 fully saturated rings. The van der Waals surface area contributed by atoms with Crippen LogP contribution in [0.2, 0.25) is 0 Å². The second kappa shape index (κ2) is 3.50. The van der Waals surface area contributed by atoms with Gasteiger partial charge in [-0.15, -0.1) is 12.3 Å². The van der Waals surface area contributed by atoms with E-state index in [1.54, 1.807) is 0 Å². The molecule has 0 saturated carbocycles. The molecule has 2 aliphatic heterocycles. The monoisotopic (exact) mass is 228 g/mol. The highest BCUT2D eigenvalue weighted by atomic mass is 32.2. The molecular formula is C11H16O3S. The van der Waals surface area contributed by atoms with Crippen molar-refractivity contribution in [2.75, 3.05) is 0 Å². The van der Waals surface area contributed by atoms with E-state index in [1.807, 2.05) is 0 Å². The minimum absolute atomic E-state index is 0.320. The highest BCUT2D eigenvalue weighted by Crippen LogP contribution is 2.44. The lowest BCUT2D eigenvalue weighted by molar-refractivity contribution is 0.0147. The standard InChI is InChI=1S/C11H16O3S/c1-2-3-6-11(12)7-9-4-5-10(8-11)15(9,13)14/h1,9-10,12H,3-8H2. The molecule has 0 aliphatic carbocycles. The Balaban J connectivity index is 2.15. The summed E-state index contributed by atoms with van der Waals surface area (Å²) in [5.41, 5.74) is -0.830. The first-order chi connectivity index (χ1) is 6.98. The van der Waals surface area contributed by atoms with Crippen LogP contribution in [0.4, 0.5) is 0 Å². The van der Waals surface area contributed by atoms with Gasteiger partial charge in [0, 0.05) is 6.42 Å². The maximum Gasteiger partial charge on any atom is 0.156 e. The second-order valence-electron chi connectivity index (χ2n) is 4.75. The average molecular weight is 228 g/mol. The molecule has 2 aliphatic rings. The van der Waals surface area contributed by atoms with Gasteiger partial charge in [0.15, 0.2) is 9.84 Å². The van der Waals surface area contributed by atoms with E-state index in [0.717, 1.165) is 0 Å². The molecule has 2 bridgehead atoms. The minimum atomic E-state index is -2.94. The molecule has 3 nitrogen and oxygen atoms in total. The second-order valence-corrected chi connectivity index (χ2v) is 7.26. The van der Waals surface area contributed by atoms with Crippen LogP contribution < -0.4 is 0 Å². The van der Waals surface area contributed by atoms with Crippen LogP contribution in [0.3, 0.4) is 0 Å². The van der Waals surface area contributed by atoms with Gasteiger partial charge in [-0.05, 0) is 32.1 Å². The maximum absolute atomic E-state index is 11.8. The van der Waals surface area contributed by atoms with Crippen LogP contribution in [0, 0.1) is 12.3 Å². The summed E-state index contributed by atoms with van der Waals surface area (Å²) in [6, 6.07) is 0. The first-order valence-corrected chi connectivity index (χ1v) is 6.97. The van der Waals surface area contributed by atoms with E-state index >= 15 is 0 Å². The Morgan fingerprint density at radius 1 is 1.33 bits per heavy atom. The molecule has 2 rings (SSSR count). The van der Waals surface area contributed by atoms with Gasteiger partial charge in [0.1, 0.15) is 0 Å². The van der Waals surface area contributed by atoms with E-state index in [0.29, 0.717) is 38.5 Å². The number of hydrogen-bond acceptors (Lipinski definition) is 3. The SMILES string of the molecule is C#CCCC1(O)CC2CCC(C1)S2(=O)=O. The number of aliphatic hydroxyl groups is 1. The first-order valence-electron chi connectivity index (χ1n) is 5.36. The van der Waals surface area contributed by atoms with Gasteiger partial charge >= 0.3 is 0 Å². The van der Waals surface area contributed by atoms with E-state index in [9.17, 15) is 13.5 Å². The molecule has 2 atom stereocenters. The van der Waals surface area contributed by atoms with Crippen molar-refractivity contribution in [3.63, 3.8) is 0 Å². The van der Waals surface area contributed by atoms with Crippen molar-refractivity contribution in [2.45, 2.75) is 54.6 Å². The molecule has 2 heterocycles. The van der Waals surface area contributed by atoms with Gasteiger partial charge in [0.05, 0.1) is 16.1 Å². The topological polar surface area (TPSA) is 54.4 Å². The summed E-state index contributed by atoms with van der Waals surface area (Å²) in [7, 11) is -2.94. The predicted octanol–water partition coefficient (Wildman–Crippen LogP) is 0.871. The van der Waals surface area contributed by atoms with Crippen LogP contribution in [0.1, 0.15) is 38.5 Å². The van der Waals surface area contributed by atoms with Gasteiger partial charge < -0.3 is 5.11 Å². The van der Waals surface area contributed by atoms with Crippen molar-refractivity contribution in [2.24, 2.45) is 0 Å². The molecule has 0 amide bonds. The Labute approximate surface area is 90.8 Å². The van der Waals surface area contributed by atoms with E-state index in [4.69, 9.17) is 6.42 Å². The molecule has 84 valence electrons. The molecule has 0 aromatic rings. The molecule has 1 N–H and O–H groups in total. The van der Waals surface area contributed by atoms with Crippen molar-refractivity contribution in [3.05, 3.63) is 0 Å². The summed E-state index contributed by atoms with van der Waals surface area (Å²) in [5.74, 6) is 2.50. The zero-order valence-corrected chi connectivity index (χ0v) is 9.46. The normalized spacial score (nSPS) is 42.4. The molecule has 0 aromatic heterocycles. The van der Waals surface area contributed by atoms with Crippen LogP contribution in [0.15, 0.2) is 0 Å². The summed E-state index contributed by atoms with van der Waals surface area (Å²) in [4.78, 5) is 0. The van der Waals surface area contributed by atoms with Crippen molar-refractivity contribution in [3.8, 4) is 12.3 Å². The fourth-order valence-electron chi connectivity index (χ4n) is 2.85. The van der Waals surface area contributed by atoms with Gasteiger partial charge in [-0.3, -0.25) is 0 Å². The fraction of sp³-hybridized carbons (Fsp3) is 0.818. The van der Waals surface area contributed by atoms with Crippen LogP contribution in [-0.2, 0) is 9.84 Å². The van der Waals surface area contributed by atoms with E-state index in [1.165, 1.54) is 0 Å². The van der Waals surface area contributed by atoms with Crippen molar-refractivity contribution in [1.82, 2.24) is 0 Å². The lowest BCUT2D eigenvalue weighted by Gasteiger charge is -2.35. The molecule has 4 heteroatoms. The first kappa shape index (κ1) is 11.0. The third-order valence-corrected chi connectivity index (χ3v) is 6.35. The zero-order valence-electron chi connectivity index (χ0n) is 8.65. The summed E-state index contributed by atoms with van der Waals surface area (Å²) >= 11 is 0. The highest BCUT2D eigenvalue weighted by Gasteiger charge is 2.52. The molecule has 0 spiro atoms. The van der Waals surface area contributed by atoms with Crippen LogP contribution >= 0.6 is 0 Å². The van der Waals surface area contributed by atoms with Crippen LogP contribution in [0.5, 0.6) is 0 Å². The van der Waals surface area contributed by atoms with E-state index in [-0.39, 0.29) is 10.5 Å². The number of fused-ring (bicyclic) bond motifs is 2. The smallest absolute Gasteiger partial charge is 0.156 e. The molecule has 0 radical (unpaired) electrons. The summed E-state index contributed by atoms with van der Waals surface area (Å²) < 4.78 is 23.6. The van der Waals surface area contributed by atoms with E-state index < -0.39 is 15.4 Å². The predicted molar refractivity (Wildman–Crippen MR) is 58.0 cm³/mol. The van der Waals surface area contributed by atoms with Gasteiger partial charge in [-0.25, -0.2) is 8.42 Å². The molecular weight excluding hydrogens is 212 g/mol. The summed E-state index contributed by atoms with van der Waals surface area (Å²) in [6.07, 6.45) is 8.41. The van der Waals surface area contributed by atoms with Crippen molar-refractivity contribution < 1.29 is 13.5 Å². The average Bonchev–Trinajstić information content (AvgIpc) is 2.40. The van der Waals surface area contributed by atoms with Gasteiger partial charge in [0.2, 0.25) is 0 Å². The number of rotatable bonds is 2.